The number of benzene rings is 2. The molecule has 1 heterocycles. The van der Waals surface area contributed by atoms with E-state index in [1.54, 1.807) is 25.1 Å². The lowest BCUT2D eigenvalue weighted by atomic mass is 10.1. The maximum absolute atomic E-state index is 13.3. The van der Waals surface area contributed by atoms with Gasteiger partial charge in [-0.3, -0.25) is 14.4 Å². The summed E-state index contributed by atoms with van der Waals surface area (Å²) in [7, 11) is -4.14. The molecule has 0 unspecified atom stereocenters. The van der Waals surface area contributed by atoms with Gasteiger partial charge in [-0.25, -0.2) is 12.7 Å². The van der Waals surface area contributed by atoms with Crippen molar-refractivity contribution in [1.82, 2.24) is 14.5 Å². The Hall–Kier alpha value is -2.72. The summed E-state index contributed by atoms with van der Waals surface area (Å²) in [6, 6.07) is 12.3. The van der Waals surface area contributed by atoms with Gasteiger partial charge in [0.05, 0.1) is 5.56 Å². The van der Waals surface area contributed by atoms with Crippen molar-refractivity contribution < 1.29 is 22.8 Å². The maximum Gasteiger partial charge on any atom is 0.269 e. The number of carbonyl (C=O) groups is 3. The molecule has 3 amide bonds. The predicted octanol–water partition coefficient (Wildman–Crippen LogP) is 2.93. The van der Waals surface area contributed by atoms with Crippen LogP contribution in [0.15, 0.2) is 57.9 Å². The van der Waals surface area contributed by atoms with Crippen LogP contribution in [0.25, 0.3) is 0 Å². The summed E-state index contributed by atoms with van der Waals surface area (Å²) in [5.41, 5.74) is 0.791. The van der Waals surface area contributed by atoms with E-state index in [9.17, 15) is 22.8 Å². The molecule has 1 atom stereocenters. The number of halogens is 1. The van der Waals surface area contributed by atoms with Crippen LogP contribution in [0.2, 0.25) is 0 Å². The molecule has 10 heteroatoms. The quantitative estimate of drug-likeness (QED) is 0.497. The maximum atomic E-state index is 13.3. The van der Waals surface area contributed by atoms with Crippen LogP contribution in [0.3, 0.4) is 0 Å². The van der Waals surface area contributed by atoms with Crippen molar-refractivity contribution in [3.63, 3.8) is 0 Å². The van der Waals surface area contributed by atoms with Crippen molar-refractivity contribution in [3.05, 3.63) is 64.1 Å². The number of sulfonamides is 1. The molecule has 0 bridgehead atoms. The third-order valence-corrected chi connectivity index (χ3v) is 7.71. The van der Waals surface area contributed by atoms with Gasteiger partial charge in [0.15, 0.2) is 0 Å². The van der Waals surface area contributed by atoms with Crippen LogP contribution < -0.4 is 5.32 Å². The molecular weight excluding hydrogens is 510 g/mol. The van der Waals surface area contributed by atoms with E-state index in [-0.39, 0.29) is 22.9 Å². The van der Waals surface area contributed by atoms with Crippen LogP contribution >= 0.6 is 15.9 Å². The first-order valence-electron chi connectivity index (χ1n) is 10.6. The molecule has 8 nitrogen and oxygen atoms in total. The standard InChI is InChI=1S/C23H26BrN3O5S/c1-3-4-12-25-22(29)16(2)26(14-17-8-7-9-18(24)13-17)21(28)15-27-23(30)19-10-5-6-11-20(19)33(27,31)32/h5-11,13,16H,3-4,12,14-15H2,1-2H3,(H,25,29)/t16-/m1/s1. The molecule has 1 N–H and O–H groups in total. The number of hydrogen-bond acceptors (Lipinski definition) is 5. The minimum atomic E-state index is -4.14. The van der Waals surface area contributed by atoms with E-state index in [4.69, 9.17) is 0 Å². The van der Waals surface area contributed by atoms with E-state index in [2.05, 4.69) is 21.2 Å². The summed E-state index contributed by atoms with van der Waals surface area (Å²) < 4.78 is 27.2. The van der Waals surface area contributed by atoms with Gasteiger partial charge < -0.3 is 10.2 Å². The van der Waals surface area contributed by atoms with Crippen molar-refractivity contribution in [3.8, 4) is 0 Å². The first-order valence-corrected chi connectivity index (χ1v) is 12.9. The van der Waals surface area contributed by atoms with Crippen LogP contribution in [-0.2, 0) is 26.2 Å². The van der Waals surface area contributed by atoms with Gasteiger partial charge in [0, 0.05) is 17.6 Å². The fourth-order valence-corrected chi connectivity index (χ4v) is 5.52. The molecular formula is C23H26BrN3O5S. The van der Waals surface area contributed by atoms with Crippen molar-refractivity contribution >= 4 is 43.7 Å². The van der Waals surface area contributed by atoms with Gasteiger partial charge in [0.25, 0.3) is 15.9 Å². The summed E-state index contributed by atoms with van der Waals surface area (Å²) >= 11 is 3.39. The summed E-state index contributed by atoms with van der Waals surface area (Å²) in [6.07, 6.45) is 1.71. The Balaban J connectivity index is 1.86. The molecule has 176 valence electrons. The van der Waals surface area contributed by atoms with Gasteiger partial charge in [0.2, 0.25) is 11.8 Å². The predicted molar refractivity (Wildman–Crippen MR) is 127 cm³/mol. The topological polar surface area (TPSA) is 104 Å². The van der Waals surface area contributed by atoms with Crippen molar-refractivity contribution in [2.45, 2.75) is 44.2 Å². The van der Waals surface area contributed by atoms with Crippen LogP contribution in [0.1, 0.15) is 42.6 Å². The molecule has 0 saturated carbocycles. The number of carbonyl (C=O) groups excluding carboxylic acids is 3. The number of unbranched alkanes of at least 4 members (excludes halogenated alkanes) is 1. The molecule has 0 spiro atoms. The fraction of sp³-hybridized carbons (Fsp3) is 0.348. The number of nitrogens with one attached hydrogen (secondary N) is 1. The van der Waals surface area contributed by atoms with E-state index in [0.29, 0.717) is 10.8 Å². The van der Waals surface area contributed by atoms with Gasteiger partial charge in [-0.05, 0) is 43.2 Å². The van der Waals surface area contributed by atoms with E-state index in [1.807, 2.05) is 19.1 Å². The lowest BCUT2D eigenvalue weighted by Crippen LogP contribution is -2.51. The second-order valence-electron chi connectivity index (χ2n) is 7.79. The molecule has 0 aromatic heterocycles. The minimum Gasteiger partial charge on any atom is -0.354 e. The molecule has 1 aliphatic rings. The number of rotatable bonds is 9. The van der Waals surface area contributed by atoms with Crippen LogP contribution in [0.4, 0.5) is 0 Å². The number of amides is 3. The van der Waals surface area contributed by atoms with Crippen molar-refractivity contribution in [1.29, 1.82) is 0 Å². The first kappa shape index (κ1) is 24.9. The monoisotopic (exact) mass is 535 g/mol. The molecule has 0 fully saturated rings. The molecule has 33 heavy (non-hydrogen) atoms. The molecule has 3 rings (SSSR count). The summed E-state index contributed by atoms with van der Waals surface area (Å²) in [5, 5.41) is 2.81. The van der Waals surface area contributed by atoms with Crippen LogP contribution in [0.5, 0.6) is 0 Å². The van der Waals surface area contributed by atoms with Gasteiger partial charge in [0.1, 0.15) is 17.5 Å². The highest BCUT2D eigenvalue weighted by Crippen LogP contribution is 2.30. The highest BCUT2D eigenvalue weighted by atomic mass is 79.9. The molecule has 0 radical (unpaired) electrons. The molecule has 0 saturated heterocycles. The zero-order valence-electron chi connectivity index (χ0n) is 18.5. The Labute approximate surface area is 202 Å². The number of hydrogen-bond donors (Lipinski definition) is 1. The molecule has 2 aromatic carbocycles. The first-order chi connectivity index (χ1) is 15.7. The van der Waals surface area contributed by atoms with Crippen LogP contribution in [-0.4, -0.2) is 54.5 Å². The van der Waals surface area contributed by atoms with E-state index >= 15 is 0 Å². The zero-order valence-corrected chi connectivity index (χ0v) is 20.9. The van der Waals surface area contributed by atoms with E-state index in [0.717, 1.165) is 22.9 Å². The Bertz CT molecular complexity index is 1170. The second-order valence-corrected chi connectivity index (χ2v) is 10.5. The minimum absolute atomic E-state index is 0.0363. The Morgan fingerprint density at radius 2 is 1.88 bits per heavy atom. The van der Waals surface area contributed by atoms with Crippen LogP contribution in [0, 0.1) is 0 Å². The Morgan fingerprint density at radius 3 is 2.55 bits per heavy atom. The van der Waals surface area contributed by atoms with Crippen molar-refractivity contribution in [2.24, 2.45) is 0 Å². The zero-order chi connectivity index (χ0) is 24.2. The molecule has 2 aromatic rings. The highest BCUT2D eigenvalue weighted by molar-refractivity contribution is 9.10. The number of fused-ring (bicyclic) bond motifs is 1. The summed E-state index contributed by atoms with van der Waals surface area (Å²) in [6.45, 7) is 3.47. The Kier molecular flexibility index (Phi) is 7.91. The van der Waals surface area contributed by atoms with Gasteiger partial charge in [-0.15, -0.1) is 0 Å². The normalized spacial score (nSPS) is 15.1. The van der Waals surface area contributed by atoms with E-state index < -0.39 is 34.4 Å². The molecule has 1 aliphatic heterocycles. The van der Waals surface area contributed by atoms with Crippen molar-refractivity contribution in [2.75, 3.05) is 13.1 Å². The van der Waals surface area contributed by atoms with Gasteiger partial charge >= 0.3 is 0 Å². The summed E-state index contributed by atoms with van der Waals surface area (Å²) in [4.78, 5) is 40.0. The van der Waals surface area contributed by atoms with E-state index in [1.165, 1.54) is 23.1 Å². The Morgan fingerprint density at radius 1 is 1.15 bits per heavy atom. The molecule has 0 aliphatic carbocycles. The average molecular weight is 536 g/mol. The SMILES string of the molecule is CCCCNC(=O)[C@@H](C)N(Cc1cccc(Br)c1)C(=O)CN1C(=O)c2ccccc2S1(=O)=O. The van der Waals surface area contributed by atoms with Gasteiger partial charge in [-0.1, -0.05) is 53.5 Å². The third-order valence-electron chi connectivity index (χ3n) is 5.43. The number of nitrogens with zero attached hydrogens (tertiary/aromatic N) is 2. The fourth-order valence-electron chi connectivity index (χ4n) is 3.55. The largest absolute Gasteiger partial charge is 0.354 e. The lowest BCUT2D eigenvalue weighted by molar-refractivity contribution is -0.140. The summed E-state index contributed by atoms with van der Waals surface area (Å²) in [5.74, 6) is -1.73. The lowest BCUT2D eigenvalue weighted by Gasteiger charge is -2.30. The smallest absolute Gasteiger partial charge is 0.269 e. The van der Waals surface area contributed by atoms with Gasteiger partial charge in [-0.2, -0.15) is 0 Å². The average Bonchev–Trinajstić information content (AvgIpc) is 2.98. The third kappa shape index (κ3) is 5.44. The second kappa shape index (κ2) is 10.5. The highest BCUT2D eigenvalue weighted by Gasteiger charge is 2.43.